The summed E-state index contributed by atoms with van der Waals surface area (Å²) in [5, 5.41) is 12.6. The molecule has 11 nitrogen and oxygen atoms in total. The number of aromatic nitrogens is 1. The standard InChI is InChI=1S/C17H17ClN4O7S2/c18-12-5-4-11(8-13(12)31(27,28)21-6-2-1-3-7-21)16(24)29-10-14(23)20-17-19-9-15(30-17)22(25)26/h4-5,8-9H,1-3,6-7,10H2,(H,19,20,23). The highest BCUT2D eigenvalue weighted by Gasteiger charge is 2.29. The molecule has 1 saturated heterocycles. The van der Waals surface area contributed by atoms with Crippen molar-refractivity contribution in [3.63, 3.8) is 0 Å². The van der Waals surface area contributed by atoms with Gasteiger partial charge in [-0.1, -0.05) is 18.0 Å². The average molecular weight is 489 g/mol. The van der Waals surface area contributed by atoms with E-state index in [2.05, 4.69) is 10.3 Å². The molecule has 1 fully saturated rings. The van der Waals surface area contributed by atoms with Gasteiger partial charge in [0.1, 0.15) is 11.1 Å². The van der Waals surface area contributed by atoms with E-state index < -0.39 is 33.4 Å². The number of piperidine rings is 1. The Labute approximate surface area is 186 Å². The van der Waals surface area contributed by atoms with Gasteiger partial charge in [-0.3, -0.25) is 20.2 Å². The number of ether oxygens (including phenoxy) is 1. The number of hydrogen-bond acceptors (Lipinski definition) is 9. The second-order valence-corrected chi connectivity index (χ2v) is 9.82. The van der Waals surface area contributed by atoms with Crippen LogP contribution in [0.1, 0.15) is 29.6 Å². The SMILES string of the molecule is O=C(COC(=O)c1ccc(Cl)c(S(=O)(=O)N2CCCCC2)c1)Nc1ncc([N+](=O)[O-])s1. The molecule has 31 heavy (non-hydrogen) atoms. The summed E-state index contributed by atoms with van der Waals surface area (Å²) in [5.74, 6) is -1.68. The van der Waals surface area contributed by atoms with Gasteiger partial charge in [0.05, 0.1) is 15.5 Å². The molecule has 1 amide bonds. The van der Waals surface area contributed by atoms with Gasteiger partial charge in [0, 0.05) is 13.1 Å². The van der Waals surface area contributed by atoms with Gasteiger partial charge in [0.25, 0.3) is 5.91 Å². The highest BCUT2D eigenvalue weighted by molar-refractivity contribution is 7.89. The van der Waals surface area contributed by atoms with Gasteiger partial charge in [-0.15, -0.1) is 0 Å². The molecule has 0 bridgehead atoms. The lowest BCUT2D eigenvalue weighted by Crippen LogP contribution is -2.35. The summed E-state index contributed by atoms with van der Waals surface area (Å²) in [6, 6.07) is 3.70. The second-order valence-electron chi connectivity index (χ2n) is 6.50. The first-order valence-corrected chi connectivity index (χ1v) is 11.7. The van der Waals surface area contributed by atoms with Gasteiger partial charge >= 0.3 is 11.0 Å². The molecule has 0 saturated carbocycles. The van der Waals surface area contributed by atoms with E-state index in [4.69, 9.17) is 16.3 Å². The van der Waals surface area contributed by atoms with Gasteiger partial charge in [-0.05, 0) is 42.4 Å². The van der Waals surface area contributed by atoms with Crippen LogP contribution in [0.3, 0.4) is 0 Å². The Morgan fingerprint density at radius 2 is 2.00 bits per heavy atom. The third-order valence-electron chi connectivity index (χ3n) is 4.35. The minimum Gasteiger partial charge on any atom is -0.452 e. The molecule has 166 valence electrons. The molecule has 3 rings (SSSR count). The number of anilines is 1. The molecule has 1 aromatic carbocycles. The summed E-state index contributed by atoms with van der Waals surface area (Å²) in [7, 11) is -3.87. The van der Waals surface area contributed by atoms with E-state index in [-0.39, 0.29) is 25.6 Å². The first kappa shape index (κ1) is 23.1. The number of carbonyl (C=O) groups excluding carboxylic acids is 2. The maximum atomic E-state index is 12.9. The summed E-state index contributed by atoms with van der Waals surface area (Å²) in [6.07, 6.45) is 3.43. The molecule has 1 aliphatic rings. The molecular formula is C17H17ClN4O7S2. The van der Waals surface area contributed by atoms with Crippen LogP contribution in [0.25, 0.3) is 0 Å². The topological polar surface area (TPSA) is 149 Å². The Morgan fingerprint density at radius 3 is 2.65 bits per heavy atom. The minimum atomic E-state index is -3.87. The monoisotopic (exact) mass is 488 g/mol. The summed E-state index contributed by atoms with van der Waals surface area (Å²) in [4.78, 5) is 37.7. The predicted octanol–water partition coefficient (Wildman–Crippen LogP) is 2.67. The molecule has 0 radical (unpaired) electrons. The molecular weight excluding hydrogens is 472 g/mol. The third kappa shape index (κ3) is 5.55. The summed E-state index contributed by atoms with van der Waals surface area (Å²) in [5.41, 5.74) is -0.0855. The highest BCUT2D eigenvalue weighted by Crippen LogP contribution is 2.28. The maximum Gasteiger partial charge on any atom is 0.345 e. The van der Waals surface area contributed by atoms with Crippen molar-refractivity contribution >= 4 is 55.0 Å². The van der Waals surface area contributed by atoms with Crippen LogP contribution in [0.5, 0.6) is 0 Å². The predicted molar refractivity (Wildman–Crippen MR) is 112 cm³/mol. The van der Waals surface area contributed by atoms with Crippen LogP contribution in [0.4, 0.5) is 10.1 Å². The van der Waals surface area contributed by atoms with Gasteiger partial charge in [-0.2, -0.15) is 4.31 Å². The number of nitro groups is 1. The van der Waals surface area contributed by atoms with Crippen molar-refractivity contribution in [3.8, 4) is 0 Å². The summed E-state index contributed by atoms with van der Waals surface area (Å²) < 4.78 is 32.0. The second kappa shape index (κ2) is 9.68. The third-order valence-corrected chi connectivity index (χ3v) is 7.60. The smallest absolute Gasteiger partial charge is 0.345 e. The van der Waals surface area contributed by atoms with Crippen LogP contribution in [0.15, 0.2) is 29.3 Å². The van der Waals surface area contributed by atoms with Crippen molar-refractivity contribution < 1.29 is 27.7 Å². The number of amides is 1. The number of nitrogens with zero attached hydrogens (tertiary/aromatic N) is 3. The Bertz CT molecular complexity index is 1110. The van der Waals surface area contributed by atoms with Crippen molar-refractivity contribution in [1.82, 2.24) is 9.29 Å². The maximum absolute atomic E-state index is 12.9. The first-order valence-electron chi connectivity index (χ1n) is 9.05. The fourth-order valence-corrected chi connectivity index (χ4v) is 5.52. The Hall–Kier alpha value is -2.61. The fourth-order valence-electron chi connectivity index (χ4n) is 2.85. The van der Waals surface area contributed by atoms with E-state index in [0.717, 1.165) is 31.5 Å². The normalized spacial score (nSPS) is 14.7. The number of nitrogens with one attached hydrogen (secondary N) is 1. The lowest BCUT2D eigenvalue weighted by Gasteiger charge is -2.26. The molecule has 2 heterocycles. The molecule has 1 aliphatic heterocycles. The molecule has 0 unspecified atom stereocenters. The molecule has 0 aliphatic carbocycles. The van der Waals surface area contributed by atoms with Crippen LogP contribution in [0.2, 0.25) is 5.02 Å². The van der Waals surface area contributed by atoms with Crippen molar-refractivity contribution in [2.75, 3.05) is 25.0 Å². The van der Waals surface area contributed by atoms with Crippen molar-refractivity contribution in [2.45, 2.75) is 24.2 Å². The van der Waals surface area contributed by atoms with E-state index in [0.29, 0.717) is 24.4 Å². The fraction of sp³-hybridized carbons (Fsp3) is 0.353. The summed E-state index contributed by atoms with van der Waals surface area (Å²) >= 11 is 6.72. The zero-order chi connectivity index (χ0) is 22.6. The zero-order valence-corrected chi connectivity index (χ0v) is 18.3. The number of thiazole rings is 1. The Kier molecular flexibility index (Phi) is 7.20. The van der Waals surface area contributed by atoms with E-state index >= 15 is 0 Å². The van der Waals surface area contributed by atoms with E-state index in [1.165, 1.54) is 16.4 Å². The quantitative estimate of drug-likeness (QED) is 0.355. The molecule has 0 atom stereocenters. The largest absolute Gasteiger partial charge is 0.452 e. The molecule has 0 spiro atoms. The van der Waals surface area contributed by atoms with Crippen LogP contribution in [0, 0.1) is 10.1 Å². The highest BCUT2D eigenvalue weighted by atomic mass is 35.5. The van der Waals surface area contributed by atoms with E-state index in [1.807, 2.05) is 0 Å². The van der Waals surface area contributed by atoms with Gasteiger partial charge in [0.2, 0.25) is 10.0 Å². The lowest BCUT2D eigenvalue weighted by molar-refractivity contribution is -0.380. The molecule has 1 N–H and O–H groups in total. The van der Waals surface area contributed by atoms with Gasteiger partial charge in [-0.25, -0.2) is 18.2 Å². The Morgan fingerprint density at radius 1 is 1.29 bits per heavy atom. The van der Waals surface area contributed by atoms with Gasteiger partial charge < -0.3 is 4.74 Å². The number of hydrogen-bond donors (Lipinski definition) is 1. The van der Waals surface area contributed by atoms with E-state index in [9.17, 15) is 28.1 Å². The van der Waals surface area contributed by atoms with Crippen molar-refractivity contribution in [3.05, 3.63) is 45.1 Å². The first-order chi connectivity index (χ1) is 14.7. The number of benzene rings is 1. The number of rotatable bonds is 7. The number of esters is 1. The van der Waals surface area contributed by atoms with Crippen molar-refractivity contribution in [1.29, 1.82) is 0 Å². The number of halogens is 1. The zero-order valence-electron chi connectivity index (χ0n) is 15.9. The molecule has 2 aromatic rings. The minimum absolute atomic E-state index is 0.0193. The van der Waals surface area contributed by atoms with Crippen LogP contribution >= 0.6 is 22.9 Å². The van der Waals surface area contributed by atoms with Crippen LogP contribution < -0.4 is 5.32 Å². The summed E-state index contributed by atoms with van der Waals surface area (Å²) in [6.45, 7) is 0.0634. The van der Waals surface area contributed by atoms with Crippen molar-refractivity contribution in [2.24, 2.45) is 0 Å². The van der Waals surface area contributed by atoms with Crippen LogP contribution in [-0.4, -0.2) is 54.2 Å². The molecule has 14 heteroatoms. The Balaban J connectivity index is 1.65. The lowest BCUT2D eigenvalue weighted by atomic mass is 10.2. The molecule has 1 aromatic heterocycles. The van der Waals surface area contributed by atoms with Crippen LogP contribution in [-0.2, 0) is 19.6 Å². The number of sulfonamides is 1. The van der Waals surface area contributed by atoms with Gasteiger partial charge in [0.15, 0.2) is 11.7 Å². The number of carbonyl (C=O) groups is 2. The van der Waals surface area contributed by atoms with E-state index in [1.54, 1.807) is 0 Å². The average Bonchev–Trinajstić information content (AvgIpc) is 3.21.